The van der Waals surface area contributed by atoms with Crippen LogP contribution in [0.25, 0.3) is 0 Å². The van der Waals surface area contributed by atoms with Gasteiger partial charge in [-0.2, -0.15) is 0 Å². The van der Waals surface area contributed by atoms with E-state index in [9.17, 15) is 9.90 Å². The van der Waals surface area contributed by atoms with Crippen LogP contribution in [0.1, 0.15) is 6.42 Å². The van der Waals surface area contributed by atoms with Gasteiger partial charge in [-0.1, -0.05) is 12.1 Å². The smallest absolute Gasteiger partial charge is 0.223 e. The molecule has 2 aromatic carbocycles. The highest BCUT2D eigenvalue weighted by atomic mass is 79.9. The topological polar surface area (TPSA) is 43.8 Å². The number of hydrogen-bond donors (Lipinski definition) is 1. The molecular formula is C19H21BrN2O2S. The van der Waals surface area contributed by atoms with Gasteiger partial charge in [-0.05, 0) is 52.3 Å². The average molecular weight is 421 g/mol. The van der Waals surface area contributed by atoms with Gasteiger partial charge in [0.1, 0.15) is 5.75 Å². The first-order chi connectivity index (χ1) is 12.1. The van der Waals surface area contributed by atoms with Crippen LogP contribution in [0, 0.1) is 0 Å². The first kappa shape index (κ1) is 18.1. The van der Waals surface area contributed by atoms with Crippen molar-refractivity contribution in [2.24, 2.45) is 0 Å². The largest absolute Gasteiger partial charge is 0.508 e. The molecule has 25 heavy (non-hydrogen) atoms. The number of carbonyl (C=O) groups excluding carboxylic acids is 1. The zero-order valence-corrected chi connectivity index (χ0v) is 16.3. The van der Waals surface area contributed by atoms with E-state index in [1.807, 2.05) is 35.2 Å². The number of phenolic OH excluding ortho intramolecular Hbond substituents is 1. The summed E-state index contributed by atoms with van der Waals surface area (Å²) in [4.78, 5) is 17.8. The first-order valence-electron chi connectivity index (χ1n) is 8.32. The van der Waals surface area contributed by atoms with E-state index in [4.69, 9.17) is 0 Å². The second kappa shape index (κ2) is 8.63. The fourth-order valence-electron chi connectivity index (χ4n) is 2.85. The molecule has 0 atom stereocenters. The monoisotopic (exact) mass is 420 g/mol. The van der Waals surface area contributed by atoms with E-state index >= 15 is 0 Å². The minimum Gasteiger partial charge on any atom is -0.508 e. The normalized spacial score (nSPS) is 14.6. The number of halogens is 1. The van der Waals surface area contributed by atoms with Crippen molar-refractivity contribution >= 4 is 39.3 Å². The Labute approximate surface area is 161 Å². The highest BCUT2D eigenvalue weighted by Gasteiger charge is 2.21. The predicted molar refractivity (Wildman–Crippen MR) is 106 cm³/mol. The molecule has 0 unspecified atom stereocenters. The maximum Gasteiger partial charge on any atom is 0.223 e. The van der Waals surface area contributed by atoms with Gasteiger partial charge in [0.05, 0.1) is 0 Å². The van der Waals surface area contributed by atoms with Gasteiger partial charge in [-0.3, -0.25) is 4.79 Å². The molecule has 1 heterocycles. The van der Waals surface area contributed by atoms with Gasteiger partial charge in [0.15, 0.2) is 0 Å². The first-order valence-corrected chi connectivity index (χ1v) is 10.1. The average Bonchev–Trinajstić information content (AvgIpc) is 2.64. The second-order valence-electron chi connectivity index (χ2n) is 5.91. The fourth-order valence-corrected chi connectivity index (χ4v) is 4.35. The lowest BCUT2D eigenvalue weighted by molar-refractivity contribution is -0.131. The van der Waals surface area contributed by atoms with Crippen molar-refractivity contribution in [2.75, 3.05) is 36.8 Å². The number of anilines is 1. The molecule has 2 aromatic rings. The molecule has 0 aliphatic carbocycles. The summed E-state index contributed by atoms with van der Waals surface area (Å²) in [5, 5.41) is 9.38. The van der Waals surface area contributed by atoms with Gasteiger partial charge < -0.3 is 14.9 Å². The predicted octanol–water partition coefficient (Wildman–Crippen LogP) is 3.99. The maximum atomic E-state index is 12.4. The van der Waals surface area contributed by atoms with Gasteiger partial charge in [-0.15, -0.1) is 11.8 Å². The van der Waals surface area contributed by atoms with E-state index in [1.54, 1.807) is 23.9 Å². The van der Waals surface area contributed by atoms with Crippen molar-refractivity contribution in [3.05, 3.63) is 53.0 Å². The lowest BCUT2D eigenvalue weighted by Crippen LogP contribution is -2.48. The van der Waals surface area contributed by atoms with E-state index in [0.29, 0.717) is 6.42 Å². The molecular weight excluding hydrogens is 400 g/mol. The third-order valence-electron chi connectivity index (χ3n) is 4.26. The molecule has 1 saturated heterocycles. The Morgan fingerprint density at radius 2 is 1.72 bits per heavy atom. The molecule has 132 valence electrons. The number of benzene rings is 2. The van der Waals surface area contributed by atoms with Gasteiger partial charge in [-0.25, -0.2) is 0 Å². The van der Waals surface area contributed by atoms with Crippen molar-refractivity contribution in [1.82, 2.24) is 4.90 Å². The zero-order valence-electron chi connectivity index (χ0n) is 13.9. The second-order valence-corrected chi connectivity index (χ2v) is 7.90. The number of piperazine rings is 1. The molecule has 0 bridgehead atoms. The number of hydrogen-bond acceptors (Lipinski definition) is 4. The van der Waals surface area contributed by atoms with Crippen LogP contribution in [-0.4, -0.2) is 47.8 Å². The lowest BCUT2D eigenvalue weighted by atomic mass is 10.2. The number of thioether (sulfide) groups is 1. The number of phenols is 1. The Hall–Kier alpha value is -1.66. The number of rotatable bonds is 5. The Morgan fingerprint density at radius 1 is 1.04 bits per heavy atom. The Balaban J connectivity index is 1.44. The van der Waals surface area contributed by atoms with E-state index in [2.05, 4.69) is 26.9 Å². The Kier molecular flexibility index (Phi) is 6.26. The van der Waals surface area contributed by atoms with Crippen LogP contribution in [0.15, 0.2) is 57.9 Å². The minimum atomic E-state index is 0.227. The standard InChI is InChI=1S/C19H21BrN2O2S/c20-17-3-1-2-4-18(17)25-14-9-19(24)22-12-10-21(11-13-22)15-5-7-16(23)8-6-15/h1-8,23H,9-14H2. The van der Waals surface area contributed by atoms with Crippen molar-refractivity contribution in [1.29, 1.82) is 0 Å². The number of carbonyl (C=O) groups is 1. The molecule has 0 aromatic heterocycles. The molecule has 1 N–H and O–H groups in total. The van der Waals surface area contributed by atoms with E-state index in [1.165, 1.54) is 4.90 Å². The molecule has 0 spiro atoms. The van der Waals surface area contributed by atoms with Crippen LogP contribution in [0.4, 0.5) is 5.69 Å². The Bertz CT molecular complexity index is 716. The molecule has 1 amide bonds. The number of nitrogens with zero attached hydrogens (tertiary/aromatic N) is 2. The number of amides is 1. The van der Waals surface area contributed by atoms with Crippen LogP contribution in [0.5, 0.6) is 5.75 Å². The third-order valence-corrected chi connectivity index (χ3v) is 6.29. The minimum absolute atomic E-state index is 0.227. The number of aromatic hydroxyl groups is 1. The van der Waals surface area contributed by atoms with Crippen molar-refractivity contribution in [2.45, 2.75) is 11.3 Å². The highest BCUT2D eigenvalue weighted by molar-refractivity contribution is 9.10. The summed E-state index contributed by atoms with van der Waals surface area (Å²) in [7, 11) is 0. The summed E-state index contributed by atoms with van der Waals surface area (Å²) < 4.78 is 1.08. The van der Waals surface area contributed by atoms with E-state index < -0.39 is 0 Å². The third kappa shape index (κ3) is 4.92. The summed E-state index contributed by atoms with van der Waals surface area (Å²) >= 11 is 5.25. The summed E-state index contributed by atoms with van der Waals surface area (Å²) in [5.74, 6) is 1.30. The molecule has 0 radical (unpaired) electrons. The van der Waals surface area contributed by atoms with Crippen LogP contribution >= 0.6 is 27.7 Å². The van der Waals surface area contributed by atoms with Gasteiger partial charge in [0.25, 0.3) is 0 Å². The van der Waals surface area contributed by atoms with E-state index in [0.717, 1.165) is 42.1 Å². The quantitative estimate of drug-likeness (QED) is 0.742. The van der Waals surface area contributed by atoms with Gasteiger partial charge in [0.2, 0.25) is 5.91 Å². The van der Waals surface area contributed by atoms with Crippen LogP contribution in [-0.2, 0) is 4.79 Å². The SMILES string of the molecule is O=C(CCSc1ccccc1Br)N1CCN(c2ccc(O)cc2)CC1. The summed E-state index contributed by atoms with van der Waals surface area (Å²) in [6.07, 6.45) is 0.561. The maximum absolute atomic E-state index is 12.4. The molecule has 0 saturated carbocycles. The van der Waals surface area contributed by atoms with Crippen molar-refractivity contribution in [3.8, 4) is 5.75 Å². The van der Waals surface area contributed by atoms with Crippen LogP contribution in [0.3, 0.4) is 0 Å². The lowest BCUT2D eigenvalue weighted by Gasteiger charge is -2.36. The van der Waals surface area contributed by atoms with E-state index in [-0.39, 0.29) is 11.7 Å². The molecule has 1 aliphatic heterocycles. The zero-order chi connectivity index (χ0) is 17.6. The Morgan fingerprint density at radius 3 is 2.40 bits per heavy atom. The van der Waals surface area contributed by atoms with Crippen molar-refractivity contribution in [3.63, 3.8) is 0 Å². The van der Waals surface area contributed by atoms with Gasteiger partial charge >= 0.3 is 0 Å². The molecule has 1 aliphatic rings. The molecule has 4 nitrogen and oxygen atoms in total. The molecule has 3 rings (SSSR count). The van der Waals surface area contributed by atoms with Crippen LogP contribution < -0.4 is 4.90 Å². The molecule has 1 fully saturated rings. The van der Waals surface area contributed by atoms with Crippen molar-refractivity contribution < 1.29 is 9.90 Å². The summed E-state index contributed by atoms with van der Waals surface area (Å²) in [5.41, 5.74) is 1.09. The summed E-state index contributed by atoms with van der Waals surface area (Å²) in [6, 6.07) is 15.3. The highest BCUT2D eigenvalue weighted by Crippen LogP contribution is 2.27. The fraction of sp³-hybridized carbons (Fsp3) is 0.316. The summed E-state index contributed by atoms with van der Waals surface area (Å²) in [6.45, 7) is 3.15. The van der Waals surface area contributed by atoms with Crippen LogP contribution in [0.2, 0.25) is 0 Å². The molecule has 6 heteroatoms. The van der Waals surface area contributed by atoms with Gasteiger partial charge in [0, 0.05) is 53.4 Å².